The van der Waals surface area contributed by atoms with Crippen molar-refractivity contribution in [1.29, 1.82) is 0 Å². The Bertz CT molecular complexity index is 499. The van der Waals surface area contributed by atoms with Crippen molar-refractivity contribution in [2.75, 3.05) is 13.1 Å². The van der Waals surface area contributed by atoms with Crippen LogP contribution in [0, 0.1) is 10.1 Å². The van der Waals surface area contributed by atoms with Gasteiger partial charge in [0.15, 0.2) is 0 Å². The molecule has 19 heavy (non-hydrogen) atoms. The number of nitro benzene ring substituents is 1. The molecule has 1 aliphatic heterocycles. The highest BCUT2D eigenvalue weighted by Gasteiger charge is 2.19. The van der Waals surface area contributed by atoms with Crippen LogP contribution in [0.4, 0.5) is 5.69 Å². The predicted molar refractivity (Wildman–Crippen MR) is 72.4 cm³/mol. The average molecular weight is 283 g/mol. The smallest absolute Gasteiger partial charge is 0.273 e. The normalized spacial score (nSPS) is 16.3. The lowest BCUT2D eigenvalue weighted by molar-refractivity contribution is -0.385. The third-order valence-electron chi connectivity index (χ3n) is 3.35. The van der Waals surface area contributed by atoms with Crippen molar-refractivity contribution in [3.63, 3.8) is 0 Å². The second-order valence-electron chi connectivity index (χ2n) is 4.71. The van der Waals surface area contributed by atoms with Gasteiger partial charge in [-0.05, 0) is 49.7 Å². The van der Waals surface area contributed by atoms with Crippen LogP contribution >= 0.6 is 11.6 Å². The Morgan fingerprint density at radius 1 is 1.32 bits per heavy atom. The minimum absolute atomic E-state index is 0.0484. The summed E-state index contributed by atoms with van der Waals surface area (Å²) in [5, 5.41) is 10.4. The number of piperidine rings is 1. The van der Waals surface area contributed by atoms with E-state index in [1.165, 1.54) is 24.6 Å². The number of hydrogen-bond donors (Lipinski definition) is 0. The van der Waals surface area contributed by atoms with E-state index < -0.39 is 10.2 Å². The maximum Gasteiger partial charge on any atom is 0.273 e. The highest BCUT2D eigenvalue weighted by molar-refractivity contribution is 6.67. The van der Waals surface area contributed by atoms with E-state index in [1.54, 1.807) is 0 Å². The van der Waals surface area contributed by atoms with E-state index in [0.29, 0.717) is 17.7 Å². The summed E-state index contributed by atoms with van der Waals surface area (Å²) in [5.41, 5.74) is 0.907. The topological polar surface area (TPSA) is 63.4 Å². The van der Waals surface area contributed by atoms with Gasteiger partial charge in [0.25, 0.3) is 10.9 Å². The highest BCUT2D eigenvalue weighted by atomic mass is 35.5. The molecule has 1 heterocycles. The summed E-state index contributed by atoms with van der Waals surface area (Å²) in [4.78, 5) is 23.9. The van der Waals surface area contributed by atoms with Gasteiger partial charge in [-0.2, -0.15) is 0 Å². The zero-order chi connectivity index (χ0) is 13.8. The van der Waals surface area contributed by atoms with Gasteiger partial charge in [-0.15, -0.1) is 0 Å². The third kappa shape index (κ3) is 3.52. The molecule has 0 amide bonds. The van der Waals surface area contributed by atoms with E-state index in [0.717, 1.165) is 25.9 Å². The highest BCUT2D eigenvalue weighted by Crippen LogP contribution is 2.24. The number of benzene rings is 1. The third-order valence-corrected chi connectivity index (χ3v) is 3.56. The zero-order valence-corrected chi connectivity index (χ0v) is 11.2. The first-order valence-electron chi connectivity index (χ1n) is 6.27. The molecule has 0 radical (unpaired) electrons. The Balaban J connectivity index is 2.26. The molecule has 2 rings (SSSR count). The van der Waals surface area contributed by atoms with E-state index in [1.807, 2.05) is 0 Å². The molecule has 1 saturated heterocycles. The molecule has 0 spiro atoms. The maximum absolute atomic E-state index is 11.2. The SMILES string of the molecule is O=C(Cl)c1ccc([N+](=O)[O-])c(CN2CCCCC2)c1. The summed E-state index contributed by atoms with van der Waals surface area (Å²) in [6.45, 7) is 2.38. The molecular weight excluding hydrogens is 268 g/mol. The Labute approximate surface area is 116 Å². The molecule has 1 fully saturated rings. The second-order valence-corrected chi connectivity index (χ2v) is 5.05. The molecule has 5 nitrogen and oxygen atoms in total. The number of rotatable bonds is 4. The molecule has 0 bridgehead atoms. The number of nitro groups is 1. The van der Waals surface area contributed by atoms with Crippen LogP contribution in [-0.4, -0.2) is 28.2 Å². The van der Waals surface area contributed by atoms with Gasteiger partial charge in [0.1, 0.15) is 0 Å². The van der Waals surface area contributed by atoms with Crippen LogP contribution < -0.4 is 0 Å². The fourth-order valence-electron chi connectivity index (χ4n) is 2.37. The Hall–Kier alpha value is -1.46. The molecule has 0 aromatic heterocycles. The van der Waals surface area contributed by atoms with Crippen LogP contribution in [0.2, 0.25) is 0 Å². The zero-order valence-electron chi connectivity index (χ0n) is 10.5. The van der Waals surface area contributed by atoms with Gasteiger partial charge < -0.3 is 0 Å². The summed E-state index contributed by atoms with van der Waals surface area (Å²) in [7, 11) is 0. The molecule has 1 aliphatic rings. The standard InChI is InChI=1S/C13H15ClN2O3/c14-13(17)10-4-5-12(16(18)19)11(8-10)9-15-6-2-1-3-7-15/h4-5,8H,1-3,6-7,9H2. The summed E-state index contributed by atoms with van der Waals surface area (Å²) in [5.74, 6) is 0. The minimum atomic E-state index is -0.588. The first kappa shape index (κ1) is 14.0. The van der Waals surface area contributed by atoms with Crippen molar-refractivity contribution in [1.82, 2.24) is 4.90 Å². The van der Waals surface area contributed by atoms with E-state index in [-0.39, 0.29) is 5.69 Å². The van der Waals surface area contributed by atoms with E-state index in [9.17, 15) is 14.9 Å². The van der Waals surface area contributed by atoms with Crippen LogP contribution in [0.5, 0.6) is 0 Å². The summed E-state index contributed by atoms with van der Waals surface area (Å²) in [6.07, 6.45) is 3.43. The molecule has 0 aliphatic carbocycles. The van der Waals surface area contributed by atoms with Gasteiger partial charge in [0.2, 0.25) is 0 Å². The van der Waals surface area contributed by atoms with Gasteiger partial charge in [-0.25, -0.2) is 0 Å². The minimum Gasteiger partial charge on any atom is -0.299 e. The van der Waals surface area contributed by atoms with Gasteiger partial charge in [-0.3, -0.25) is 19.8 Å². The lowest BCUT2D eigenvalue weighted by Gasteiger charge is -2.26. The number of likely N-dealkylation sites (tertiary alicyclic amines) is 1. The average Bonchev–Trinajstić information content (AvgIpc) is 2.39. The molecule has 6 heteroatoms. The van der Waals surface area contributed by atoms with Crippen molar-refractivity contribution in [3.8, 4) is 0 Å². The molecule has 0 N–H and O–H groups in total. The van der Waals surface area contributed by atoms with Gasteiger partial charge >= 0.3 is 0 Å². The summed E-state index contributed by atoms with van der Waals surface area (Å²) in [6, 6.07) is 4.28. The summed E-state index contributed by atoms with van der Waals surface area (Å²) < 4.78 is 0. The fourth-order valence-corrected chi connectivity index (χ4v) is 2.49. The predicted octanol–water partition coefficient (Wildman–Crippen LogP) is 2.96. The monoisotopic (exact) mass is 282 g/mol. The number of halogens is 1. The molecule has 0 saturated carbocycles. The van der Waals surface area contributed by atoms with Crippen molar-refractivity contribution >= 4 is 22.5 Å². The largest absolute Gasteiger partial charge is 0.299 e. The molecule has 0 atom stereocenters. The van der Waals surface area contributed by atoms with E-state index >= 15 is 0 Å². The van der Waals surface area contributed by atoms with Gasteiger partial charge in [0.05, 0.1) is 4.92 Å². The molecule has 0 unspecified atom stereocenters. The van der Waals surface area contributed by atoms with Crippen molar-refractivity contribution in [2.24, 2.45) is 0 Å². The van der Waals surface area contributed by atoms with Crippen LogP contribution in [0.25, 0.3) is 0 Å². The molecule has 1 aromatic carbocycles. The van der Waals surface area contributed by atoms with Gasteiger partial charge in [0, 0.05) is 23.7 Å². The number of hydrogen-bond acceptors (Lipinski definition) is 4. The number of nitrogens with zero attached hydrogens (tertiary/aromatic N) is 2. The lowest BCUT2D eigenvalue weighted by atomic mass is 10.1. The van der Waals surface area contributed by atoms with Crippen LogP contribution in [0.15, 0.2) is 18.2 Å². The fraction of sp³-hybridized carbons (Fsp3) is 0.462. The van der Waals surface area contributed by atoms with E-state index in [2.05, 4.69) is 4.90 Å². The lowest BCUT2D eigenvalue weighted by Crippen LogP contribution is -2.29. The van der Waals surface area contributed by atoms with Crippen molar-refractivity contribution in [3.05, 3.63) is 39.4 Å². The number of carbonyl (C=O) groups excluding carboxylic acids is 1. The Kier molecular flexibility index (Phi) is 4.50. The first-order valence-corrected chi connectivity index (χ1v) is 6.65. The van der Waals surface area contributed by atoms with Crippen LogP contribution in [0.1, 0.15) is 35.2 Å². The summed E-state index contributed by atoms with van der Waals surface area (Å²) >= 11 is 5.43. The van der Waals surface area contributed by atoms with E-state index in [4.69, 9.17) is 11.6 Å². The Morgan fingerprint density at radius 3 is 2.58 bits per heavy atom. The van der Waals surface area contributed by atoms with Crippen molar-refractivity contribution in [2.45, 2.75) is 25.8 Å². The molecule has 1 aromatic rings. The quantitative estimate of drug-likeness (QED) is 0.484. The van der Waals surface area contributed by atoms with Crippen LogP contribution in [-0.2, 0) is 6.54 Å². The van der Waals surface area contributed by atoms with Gasteiger partial charge in [-0.1, -0.05) is 6.42 Å². The molecule has 102 valence electrons. The van der Waals surface area contributed by atoms with Crippen molar-refractivity contribution < 1.29 is 9.72 Å². The van der Waals surface area contributed by atoms with Crippen LogP contribution in [0.3, 0.4) is 0 Å². The number of carbonyl (C=O) groups is 1. The molecular formula is C13H15ClN2O3. The first-order chi connectivity index (χ1) is 9.08. The second kappa shape index (κ2) is 6.12. The maximum atomic E-state index is 11.2. The Morgan fingerprint density at radius 2 is 2.00 bits per heavy atom.